The maximum absolute atomic E-state index is 12.7. The molecule has 1 N–H and O–H groups in total. The third kappa shape index (κ3) is 4.09. The van der Waals surface area contributed by atoms with E-state index in [9.17, 15) is 4.79 Å². The molecule has 4 heterocycles. The zero-order chi connectivity index (χ0) is 19.7. The van der Waals surface area contributed by atoms with Crippen LogP contribution in [0.4, 0.5) is 11.5 Å². The molecule has 1 amide bonds. The number of nitrogens with zero attached hydrogens (tertiary/aromatic N) is 3. The maximum atomic E-state index is 12.7. The first-order valence-electron chi connectivity index (χ1n) is 9.18. The van der Waals surface area contributed by atoms with Crippen molar-refractivity contribution in [1.82, 2.24) is 9.97 Å². The van der Waals surface area contributed by atoms with E-state index < -0.39 is 0 Å². The highest BCUT2D eigenvalue weighted by atomic mass is 32.1. The van der Waals surface area contributed by atoms with E-state index in [4.69, 9.17) is 4.74 Å². The van der Waals surface area contributed by atoms with Crippen molar-refractivity contribution in [1.29, 1.82) is 0 Å². The molecular formula is C20H22N4O2S2. The van der Waals surface area contributed by atoms with Gasteiger partial charge in [0.05, 0.1) is 34.7 Å². The molecule has 1 aliphatic rings. The number of carbonyl (C=O) groups excluding carboxylic acids is 1. The lowest BCUT2D eigenvalue weighted by atomic mass is 10.2. The first-order valence-corrected chi connectivity index (χ1v) is 10.9. The van der Waals surface area contributed by atoms with Gasteiger partial charge in [-0.25, -0.2) is 9.97 Å². The van der Waals surface area contributed by atoms with E-state index in [0.717, 1.165) is 34.5 Å². The Morgan fingerprint density at radius 1 is 1.25 bits per heavy atom. The molecule has 0 bridgehead atoms. The Balaban J connectivity index is 1.45. The predicted molar refractivity (Wildman–Crippen MR) is 115 cm³/mol. The largest absolute Gasteiger partial charge is 0.372 e. The fourth-order valence-electron chi connectivity index (χ4n) is 3.31. The van der Waals surface area contributed by atoms with Crippen LogP contribution < -0.4 is 10.2 Å². The van der Waals surface area contributed by atoms with E-state index in [0.29, 0.717) is 10.6 Å². The number of carbonyl (C=O) groups is 1. The zero-order valence-electron chi connectivity index (χ0n) is 16.0. The number of thiazole rings is 1. The number of nitrogens with one attached hydrogen (secondary N) is 1. The van der Waals surface area contributed by atoms with Crippen LogP contribution >= 0.6 is 22.7 Å². The number of rotatable bonds is 4. The van der Waals surface area contributed by atoms with Gasteiger partial charge in [-0.3, -0.25) is 4.79 Å². The van der Waals surface area contributed by atoms with Crippen molar-refractivity contribution in [2.75, 3.05) is 23.3 Å². The Morgan fingerprint density at radius 3 is 2.68 bits per heavy atom. The highest BCUT2D eigenvalue weighted by Gasteiger charge is 2.23. The summed E-state index contributed by atoms with van der Waals surface area (Å²) in [5.41, 5.74) is 1.42. The fourth-order valence-corrected chi connectivity index (χ4v) is 5.07. The zero-order valence-corrected chi connectivity index (χ0v) is 17.6. The van der Waals surface area contributed by atoms with E-state index >= 15 is 0 Å². The number of hydrogen-bond acceptors (Lipinski definition) is 7. The van der Waals surface area contributed by atoms with Gasteiger partial charge in [-0.1, -0.05) is 6.07 Å². The molecule has 146 valence electrons. The molecule has 4 rings (SSSR count). The number of amides is 1. The Kier molecular flexibility index (Phi) is 5.43. The van der Waals surface area contributed by atoms with Gasteiger partial charge in [-0.15, -0.1) is 22.7 Å². The topological polar surface area (TPSA) is 67.4 Å². The third-order valence-electron chi connectivity index (χ3n) is 4.48. The molecule has 3 aromatic heterocycles. The summed E-state index contributed by atoms with van der Waals surface area (Å²) in [5, 5.41) is 5.82. The van der Waals surface area contributed by atoms with E-state index in [1.165, 1.54) is 11.3 Å². The van der Waals surface area contributed by atoms with E-state index in [-0.39, 0.29) is 18.1 Å². The maximum Gasteiger partial charge on any atom is 0.267 e. The second-order valence-electron chi connectivity index (χ2n) is 6.93. The average Bonchev–Trinajstić information content (AvgIpc) is 3.31. The number of aromatic nitrogens is 2. The first-order chi connectivity index (χ1) is 13.5. The summed E-state index contributed by atoms with van der Waals surface area (Å²) in [5.74, 6) is 0.745. The molecular weight excluding hydrogens is 392 g/mol. The van der Waals surface area contributed by atoms with Crippen molar-refractivity contribution >= 4 is 40.1 Å². The van der Waals surface area contributed by atoms with Gasteiger partial charge >= 0.3 is 0 Å². The van der Waals surface area contributed by atoms with Gasteiger partial charge in [0.2, 0.25) is 0 Å². The number of pyridine rings is 1. The fraction of sp³-hybridized carbons (Fsp3) is 0.350. The van der Waals surface area contributed by atoms with E-state index in [1.807, 2.05) is 36.6 Å². The van der Waals surface area contributed by atoms with Gasteiger partial charge < -0.3 is 15.0 Å². The monoisotopic (exact) mass is 414 g/mol. The van der Waals surface area contributed by atoms with Crippen LogP contribution in [0.25, 0.3) is 9.88 Å². The molecule has 0 aliphatic carbocycles. The highest BCUT2D eigenvalue weighted by Crippen LogP contribution is 2.31. The molecule has 0 unspecified atom stereocenters. The van der Waals surface area contributed by atoms with Crippen molar-refractivity contribution in [3.63, 3.8) is 0 Å². The molecule has 1 aliphatic heterocycles. The molecule has 3 aromatic rings. The number of aryl methyl sites for hydroxylation is 1. The summed E-state index contributed by atoms with van der Waals surface area (Å²) in [6, 6.07) is 7.83. The van der Waals surface area contributed by atoms with Gasteiger partial charge in [0.25, 0.3) is 5.91 Å². The van der Waals surface area contributed by atoms with Crippen molar-refractivity contribution in [2.45, 2.75) is 33.0 Å². The van der Waals surface area contributed by atoms with Crippen molar-refractivity contribution < 1.29 is 9.53 Å². The van der Waals surface area contributed by atoms with Crippen LogP contribution in [0.15, 0.2) is 35.8 Å². The quantitative estimate of drug-likeness (QED) is 0.684. The SMILES string of the molecule is Cc1nc(-c2cccs2)sc1C(=O)Nc1ccc(N2C[C@H](C)O[C@@H](C)C2)nc1. The van der Waals surface area contributed by atoms with Crippen molar-refractivity contribution in [2.24, 2.45) is 0 Å². The Bertz CT molecular complexity index is 943. The van der Waals surface area contributed by atoms with Gasteiger partial charge in [-0.05, 0) is 44.4 Å². The number of ether oxygens (including phenoxy) is 1. The summed E-state index contributed by atoms with van der Waals surface area (Å²) >= 11 is 3.04. The van der Waals surface area contributed by atoms with Crippen LogP contribution in [0.1, 0.15) is 29.2 Å². The molecule has 0 spiro atoms. The van der Waals surface area contributed by atoms with Crippen LogP contribution in [0, 0.1) is 6.92 Å². The second kappa shape index (κ2) is 7.98. The number of thiophene rings is 1. The van der Waals surface area contributed by atoms with Crippen molar-refractivity contribution in [3.05, 3.63) is 46.4 Å². The highest BCUT2D eigenvalue weighted by molar-refractivity contribution is 7.22. The lowest BCUT2D eigenvalue weighted by Crippen LogP contribution is -2.45. The van der Waals surface area contributed by atoms with Gasteiger partial charge in [0, 0.05) is 13.1 Å². The molecule has 2 atom stereocenters. The predicted octanol–water partition coefficient (Wildman–Crippen LogP) is 4.44. The van der Waals surface area contributed by atoms with Gasteiger partial charge in [-0.2, -0.15) is 0 Å². The smallest absolute Gasteiger partial charge is 0.267 e. The summed E-state index contributed by atoms with van der Waals surface area (Å²) in [6.45, 7) is 7.63. The van der Waals surface area contributed by atoms with Crippen LogP contribution in [-0.2, 0) is 4.74 Å². The molecule has 0 aromatic carbocycles. The summed E-state index contributed by atoms with van der Waals surface area (Å²) in [7, 11) is 0. The van der Waals surface area contributed by atoms with E-state index in [2.05, 4.69) is 34.0 Å². The lowest BCUT2D eigenvalue weighted by molar-refractivity contribution is -0.00545. The van der Waals surface area contributed by atoms with Crippen molar-refractivity contribution in [3.8, 4) is 9.88 Å². The van der Waals surface area contributed by atoms with Crippen LogP contribution in [0.3, 0.4) is 0 Å². The lowest BCUT2D eigenvalue weighted by Gasteiger charge is -2.36. The van der Waals surface area contributed by atoms with Gasteiger partial charge in [0.15, 0.2) is 0 Å². The Morgan fingerprint density at radius 2 is 2.04 bits per heavy atom. The standard InChI is InChI=1S/C20H22N4O2S2/c1-12-10-24(11-13(2)26-12)17-7-6-15(9-21-17)23-19(25)18-14(3)22-20(28-18)16-5-4-8-27-16/h4-9,12-13H,10-11H2,1-3H3,(H,23,25)/t12-,13-/m0/s1. The molecule has 0 saturated carbocycles. The molecule has 28 heavy (non-hydrogen) atoms. The molecule has 8 heteroatoms. The third-order valence-corrected chi connectivity index (χ3v) is 6.68. The molecule has 1 fully saturated rings. The summed E-state index contributed by atoms with van der Waals surface area (Å²) in [6.07, 6.45) is 2.06. The molecule has 6 nitrogen and oxygen atoms in total. The summed E-state index contributed by atoms with van der Waals surface area (Å²) < 4.78 is 5.77. The van der Waals surface area contributed by atoms with Crippen LogP contribution in [0.5, 0.6) is 0 Å². The summed E-state index contributed by atoms with van der Waals surface area (Å²) in [4.78, 5) is 25.7. The Labute approximate surface area is 172 Å². The van der Waals surface area contributed by atoms with E-state index in [1.54, 1.807) is 17.5 Å². The second-order valence-corrected chi connectivity index (χ2v) is 8.88. The molecule has 0 radical (unpaired) electrons. The Hall–Kier alpha value is -2.29. The minimum Gasteiger partial charge on any atom is -0.372 e. The molecule has 1 saturated heterocycles. The normalized spacial score (nSPS) is 19.6. The number of anilines is 2. The number of morpholine rings is 1. The minimum atomic E-state index is -0.152. The first kappa shape index (κ1) is 19.0. The van der Waals surface area contributed by atoms with Gasteiger partial charge in [0.1, 0.15) is 15.7 Å². The van der Waals surface area contributed by atoms with Crippen LogP contribution in [0.2, 0.25) is 0 Å². The van der Waals surface area contributed by atoms with Crippen LogP contribution in [-0.4, -0.2) is 41.2 Å². The minimum absolute atomic E-state index is 0.152. The number of hydrogen-bond donors (Lipinski definition) is 1. The average molecular weight is 415 g/mol.